The summed E-state index contributed by atoms with van der Waals surface area (Å²) >= 11 is 1.19. The number of hydrogen-bond donors (Lipinski definition) is 1. The molecule has 1 aliphatic heterocycles. The average molecular weight is 491 g/mol. The molecule has 0 aliphatic carbocycles. The van der Waals surface area contributed by atoms with Gasteiger partial charge in [0.2, 0.25) is 5.95 Å². The van der Waals surface area contributed by atoms with Crippen LogP contribution in [0, 0.1) is 22.7 Å². The summed E-state index contributed by atoms with van der Waals surface area (Å²) < 4.78 is 7.37. The van der Waals surface area contributed by atoms with E-state index in [9.17, 15) is 20.1 Å². The maximum absolute atomic E-state index is 13.6. The Kier molecular flexibility index (Phi) is 6.77. The molecule has 1 N–H and O–H groups in total. The van der Waals surface area contributed by atoms with Gasteiger partial charge in [0.25, 0.3) is 5.56 Å². The molecule has 1 amide bonds. The average Bonchev–Trinajstić information content (AvgIpc) is 3.23. The van der Waals surface area contributed by atoms with Crippen LogP contribution in [-0.4, -0.2) is 40.4 Å². The number of rotatable bonds is 4. The van der Waals surface area contributed by atoms with Crippen molar-refractivity contribution in [3.05, 3.63) is 56.7 Å². The molecule has 9 nitrogen and oxygen atoms in total. The van der Waals surface area contributed by atoms with Crippen molar-refractivity contribution in [2.45, 2.75) is 51.8 Å². The number of nitrogens with one attached hydrogen (secondary N) is 1. The molecule has 0 bridgehead atoms. The van der Waals surface area contributed by atoms with E-state index < -0.39 is 11.7 Å². The van der Waals surface area contributed by atoms with Crippen molar-refractivity contribution >= 4 is 33.6 Å². The molecule has 1 fully saturated rings. The lowest BCUT2D eigenvalue weighted by atomic mass is 10.1. The number of benzene rings is 1. The molecule has 1 unspecified atom stereocenters. The molecule has 4 rings (SSSR count). The SMILES string of the molecule is CC(C)(C)OC(=O)NC1CCCN(c2nc3c(C#N)csc3c(=O)n2Cc2ccccc2C#N)C1. The Morgan fingerprint density at radius 2 is 2.00 bits per heavy atom. The summed E-state index contributed by atoms with van der Waals surface area (Å²) in [5, 5.41) is 23.6. The van der Waals surface area contributed by atoms with Crippen LogP contribution in [0.25, 0.3) is 10.2 Å². The molecule has 3 aromatic rings. The molecule has 35 heavy (non-hydrogen) atoms. The predicted molar refractivity (Wildman–Crippen MR) is 133 cm³/mol. The van der Waals surface area contributed by atoms with E-state index >= 15 is 0 Å². The fourth-order valence-electron chi connectivity index (χ4n) is 4.14. The number of thiophene rings is 1. The first-order chi connectivity index (χ1) is 16.7. The van der Waals surface area contributed by atoms with Gasteiger partial charge in [0.05, 0.1) is 23.7 Å². The van der Waals surface area contributed by atoms with Gasteiger partial charge in [0, 0.05) is 24.5 Å². The first-order valence-corrected chi connectivity index (χ1v) is 12.2. The van der Waals surface area contributed by atoms with Gasteiger partial charge in [-0.25, -0.2) is 9.78 Å². The number of amides is 1. The molecule has 0 saturated carbocycles. The Morgan fingerprint density at radius 3 is 2.71 bits per heavy atom. The smallest absolute Gasteiger partial charge is 0.407 e. The highest BCUT2D eigenvalue weighted by atomic mass is 32.1. The number of nitriles is 2. The quantitative estimate of drug-likeness (QED) is 0.591. The molecule has 1 aromatic carbocycles. The first-order valence-electron chi connectivity index (χ1n) is 11.3. The lowest BCUT2D eigenvalue weighted by Crippen LogP contribution is -2.50. The second-order valence-electron chi connectivity index (χ2n) is 9.44. The summed E-state index contributed by atoms with van der Waals surface area (Å²) in [5.41, 5.74) is 1.06. The van der Waals surface area contributed by atoms with Crippen molar-refractivity contribution in [3.8, 4) is 12.1 Å². The Hall–Kier alpha value is -3.89. The van der Waals surface area contributed by atoms with Gasteiger partial charge in [-0.3, -0.25) is 9.36 Å². The predicted octanol–water partition coefficient (Wildman–Crippen LogP) is 3.74. The second kappa shape index (κ2) is 9.77. The van der Waals surface area contributed by atoms with Crippen LogP contribution in [0.4, 0.5) is 10.7 Å². The highest BCUT2D eigenvalue weighted by molar-refractivity contribution is 7.17. The van der Waals surface area contributed by atoms with Crippen molar-refractivity contribution in [1.82, 2.24) is 14.9 Å². The Labute approximate surface area is 207 Å². The van der Waals surface area contributed by atoms with E-state index in [0.717, 1.165) is 12.8 Å². The van der Waals surface area contributed by atoms with Gasteiger partial charge in [-0.2, -0.15) is 10.5 Å². The number of aromatic nitrogens is 2. The van der Waals surface area contributed by atoms with Crippen molar-refractivity contribution < 1.29 is 9.53 Å². The van der Waals surface area contributed by atoms with E-state index in [1.165, 1.54) is 11.3 Å². The lowest BCUT2D eigenvalue weighted by Gasteiger charge is -2.35. The number of nitrogens with zero attached hydrogens (tertiary/aromatic N) is 5. The lowest BCUT2D eigenvalue weighted by molar-refractivity contribution is 0.0499. The number of carbonyl (C=O) groups is 1. The second-order valence-corrected chi connectivity index (χ2v) is 10.3. The van der Waals surface area contributed by atoms with Gasteiger partial charge in [-0.05, 0) is 45.2 Å². The Balaban J connectivity index is 1.73. The van der Waals surface area contributed by atoms with E-state index in [1.54, 1.807) is 22.1 Å². The number of fused-ring (bicyclic) bond motifs is 1. The highest BCUT2D eigenvalue weighted by Crippen LogP contribution is 2.26. The minimum absolute atomic E-state index is 0.168. The topological polar surface area (TPSA) is 124 Å². The Bertz CT molecular complexity index is 1410. The summed E-state index contributed by atoms with van der Waals surface area (Å²) in [5.74, 6) is 0.417. The Morgan fingerprint density at radius 1 is 1.26 bits per heavy atom. The molecule has 10 heteroatoms. The molecule has 0 spiro atoms. The summed E-state index contributed by atoms with van der Waals surface area (Å²) in [6.45, 7) is 6.67. The summed E-state index contributed by atoms with van der Waals surface area (Å²) in [6, 6.07) is 11.2. The summed E-state index contributed by atoms with van der Waals surface area (Å²) in [7, 11) is 0. The minimum atomic E-state index is -0.605. The summed E-state index contributed by atoms with van der Waals surface area (Å²) in [6.07, 6.45) is 1.05. The molecule has 1 atom stereocenters. The largest absolute Gasteiger partial charge is 0.444 e. The number of carbonyl (C=O) groups excluding carboxylic acids is 1. The molecular formula is C25H26N6O3S. The standard InChI is InChI=1S/C25H26N6O3S/c1-25(2,3)34-24(33)28-19-9-6-10-30(14-19)23-29-20-18(12-27)15-35-21(20)22(32)31(23)13-17-8-5-4-7-16(17)11-26/h4-5,7-8,15,19H,6,9-10,13-14H2,1-3H3,(H,28,33). The molecule has 3 heterocycles. The fraction of sp³-hybridized carbons (Fsp3) is 0.400. The molecule has 180 valence electrons. The molecule has 2 aromatic heterocycles. The van der Waals surface area contributed by atoms with Gasteiger partial charge in [-0.15, -0.1) is 11.3 Å². The van der Waals surface area contributed by atoms with Crippen LogP contribution in [-0.2, 0) is 11.3 Å². The molecule has 1 aliphatic rings. The first kappa shape index (κ1) is 24.2. The van der Waals surface area contributed by atoms with E-state index in [2.05, 4.69) is 17.5 Å². The van der Waals surface area contributed by atoms with E-state index in [4.69, 9.17) is 9.72 Å². The molecular weight excluding hydrogens is 464 g/mol. The third kappa shape index (κ3) is 5.28. The minimum Gasteiger partial charge on any atom is -0.444 e. The normalized spacial score (nSPS) is 15.9. The molecule has 0 radical (unpaired) electrons. The number of ether oxygens (including phenoxy) is 1. The number of anilines is 1. The van der Waals surface area contributed by atoms with Crippen LogP contribution >= 0.6 is 11.3 Å². The zero-order valence-corrected chi connectivity index (χ0v) is 20.7. The fourth-order valence-corrected chi connectivity index (χ4v) is 5.02. The van der Waals surface area contributed by atoms with Crippen LogP contribution in [0.5, 0.6) is 0 Å². The third-order valence-electron chi connectivity index (χ3n) is 5.67. The van der Waals surface area contributed by atoms with Crippen LogP contribution in [0.1, 0.15) is 50.3 Å². The van der Waals surface area contributed by atoms with Gasteiger partial charge in [0.15, 0.2) is 0 Å². The van der Waals surface area contributed by atoms with Gasteiger partial charge < -0.3 is 15.0 Å². The van der Waals surface area contributed by atoms with Crippen LogP contribution in [0.3, 0.4) is 0 Å². The van der Waals surface area contributed by atoms with E-state index in [-0.39, 0.29) is 18.1 Å². The number of alkyl carbamates (subject to hydrolysis) is 1. The van der Waals surface area contributed by atoms with Crippen molar-refractivity contribution in [2.75, 3.05) is 18.0 Å². The number of hydrogen-bond acceptors (Lipinski definition) is 8. The van der Waals surface area contributed by atoms with Crippen molar-refractivity contribution in [2.24, 2.45) is 0 Å². The number of piperidine rings is 1. The maximum Gasteiger partial charge on any atom is 0.407 e. The monoisotopic (exact) mass is 490 g/mol. The zero-order chi connectivity index (χ0) is 25.2. The van der Waals surface area contributed by atoms with Crippen molar-refractivity contribution in [1.29, 1.82) is 10.5 Å². The van der Waals surface area contributed by atoms with Gasteiger partial charge in [-0.1, -0.05) is 18.2 Å². The molecule has 1 saturated heterocycles. The van der Waals surface area contributed by atoms with Crippen LogP contribution < -0.4 is 15.8 Å². The van der Waals surface area contributed by atoms with E-state index in [0.29, 0.717) is 45.9 Å². The van der Waals surface area contributed by atoms with Gasteiger partial charge >= 0.3 is 6.09 Å². The van der Waals surface area contributed by atoms with Gasteiger partial charge in [0.1, 0.15) is 21.9 Å². The van der Waals surface area contributed by atoms with Crippen LogP contribution in [0.15, 0.2) is 34.4 Å². The van der Waals surface area contributed by atoms with E-state index in [1.807, 2.05) is 37.8 Å². The van der Waals surface area contributed by atoms with Crippen molar-refractivity contribution in [3.63, 3.8) is 0 Å². The third-order valence-corrected chi connectivity index (χ3v) is 6.63. The maximum atomic E-state index is 13.6. The summed E-state index contributed by atoms with van der Waals surface area (Å²) in [4.78, 5) is 32.6. The zero-order valence-electron chi connectivity index (χ0n) is 19.9. The highest BCUT2D eigenvalue weighted by Gasteiger charge is 2.28. The van der Waals surface area contributed by atoms with Crippen LogP contribution in [0.2, 0.25) is 0 Å².